The highest BCUT2D eigenvalue weighted by atomic mass is 35.5. The minimum atomic E-state index is -0.250. The van der Waals surface area contributed by atoms with Crippen LogP contribution < -0.4 is 5.32 Å². The van der Waals surface area contributed by atoms with Crippen LogP contribution in [0, 0.1) is 6.92 Å². The van der Waals surface area contributed by atoms with Gasteiger partial charge in [-0.1, -0.05) is 59.1 Å². The van der Waals surface area contributed by atoms with Crippen LogP contribution in [-0.4, -0.2) is 10.9 Å². The average Bonchev–Trinajstić information content (AvgIpc) is 3.10. The van der Waals surface area contributed by atoms with Crippen LogP contribution in [0.15, 0.2) is 54.0 Å². The van der Waals surface area contributed by atoms with Crippen LogP contribution in [0.1, 0.15) is 32.4 Å². The number of amides is 1. The highest BCUT2D eigenvalue weighted by Crippen LogP contribution is 2.27. The number of nitrogens with zero attached hydrogens (tertiary/aromatic N) is 1. The van der Waals surface area contributed by atoms with Crippen molar-refractivity contribution in [1.82, 2.24) is 10.3 Å². The fourth-order valence-electron chi connectivity index (χ4n) is 2.29. The van der Waals surface area contributed by atoms with E-state index in [0.29, 0.717) is 5.56 Å². The molecule has 0 saturated heterocycles. The van der Waals surface area contributed by atoms with Gasteiger partial charge in [-0.05, 0) is 30.0 Å². The molecule has 3 rings (SSSR count). The Kier molecular flexibility index (Phi) is 5.19. The number of hydrogen-bond donors (Lipinski definition) is 1. The second-order valence-electron chi connectivity index (χ2n) is 5.33. The van der Waals surface area contributed by atoms with Gasteiger partial charge in [0.1, 0.15) is 5.15 Å². The topological polar surface area (TPSA) is 42.0 Å². The van der Waals surface area contributed by atoms with E-state index in [0.717, 1.165) is 10.4 Å². The summed E-state index contributed by atoms with van der Waals surface area (Å²) in [4.78, 5) is 17.6. The van der Waals surface area contributed by atoms with Gasteiger partial charge in [0.15, 0.2) is 0 Å². The second-order valence-corrected chi connectivity index (χ2v) is 7.07. The summed E-state index contributed by atoms with van der Waals surface area (Å²) in [5.74, 6) is -0.250. The molecule has 6 heteroatoms. The van der Waals surface area contributed by atoms with E-state index in [1.807, 2.05) is 48.7 Å². The number of aromatic nitrogens is 1. The van der Waals surface area contributed by atoms with Crippen molar-refractivity contribution in [1.29, 1.82) is 0 Å². The number of hydrogen-bond acceptors (Lipinski definition) is 3. The number of thiophene rings is 1. The lowest BCUT2D eigenvalue weighted by Gasteiger charge is -2.18. The van der Waals surface area contributed by atoms with Gasteiger partial charge in [-0.2, -0.15) is 0 Å². The molecule has 0 fully saturated rings. The molecule has 2 aromatic heterocycles. The quantitative estimate of drug-likeness (QED) is 0.629. The summed E-state index contributed by atoms with van der Waals surface area (Å²) in [5.41, 5.74) is 2.56. The Hall–Kier alpha value is -1.88. The molecule has 3 nitrogen and oxygen atoms in total. The number of carbonyl (C=O) groups is 1. The first-order valence-corrected chi connectivity index (χ1v) is 8.90. The van der Waals surface area contributed by atoms with Crippen LogP contribution in [0.5, 0.6) is 0 Å². The molecule has 0 aliphatic carbocycles. The number of pyridine rings is 1. The first-order chi connectivity index (χ1) is 11.5. The SMILES string of the molecule is Cc1ccc([C@@H](NC(=O)c2cnc(Cl)c(Cl)c2)c2cccs2)cc1. The Labute approximate surface area is 154 Å². The number of nitrogens with one attached hydrogen (secondary N) is 1. The second kappa shape index (κ2) is 7.34. The molecule has 1 aromatic carbocycles. The highest BCUT2D eigenvalue weighted by Gasteiger charge is 2.19. The lowest BCUT2D eigenvalue weighted by atomic mass is 10.0. The summed E-state index contributed by atoms with van der Waals surface area (Å²) in [5, 5.41) is 5.48. The van der Waals surface area contributed by atoms with Crippen LogP contribution in [0.3, 0.4) is 0 Å². The fourth-order valence-corrected chi connectivity index (χ4v) is 3.37. The van der Waals surface area contributed by atoms with E-state index < -0.39 is 0 Å². The van der Waals surface area contributed by atoms with Crippen LogP contribution in [-0.2, 0) is 0 Å². The molecular formula is C18H14Cl2N2OS. The predicted octanol–water partition coefficient (Wildman–Crippen LogP) is 5.28. The van der Waals surface area contributed by atoms with E-state index in [9.17, 15) is 4.79 Å². The third-order valence-corrected chi connectivity index (χ3v) is 5.20. The van der Waals surface area contributed by atoms with Crippen LogP contribution >= 0.6 is 34.5 Å². The summed E-state index contributed by atoms with van der Waals surface area (Å²) in [6.07, 6.45) is 1.42. The molecule has 0 spiro atoms. The molecule has 0 aliphatic rings. The van der Waals surface area contributed by atoms with Crippen LogP contribution in [0.2, 0.25) is 10.2 Å². The van der Waals surface area contributed by atoms with Crippen molar-refractivity contribution in [3.63, 3.8) is 0 Å². The zero-order valence-corrected chi connectivity index (χ0v) is 15.1. The van der Waals surface area contributed by atoms with Gasteiger partial charge >= 0.3 is 0 Å². The number of aryl methyl sites for hydroxylation is 1. The van der Waals surface area contributed by atoms with Gasteiger partial charge in [0, 0.05) is 11.1 Å². The molecule has 3 aromatic rings. The summed E-state index contributed by atoms with van der Waals surface area (Å²) in [7, 11) is 0. The van der Waals surface area contributed by atoms with Gasteiger partial charge in [-0.3, -0.25) is 4.79 Å². The standard InChI is InChI=1S/C18H14Cl2N2OS/c1-11-4-6-12(7-5-11)16(15-3-2-8-24-15)22-18(23)13-9-14(19)17(20)21-10-13/h2-10,16H,1H3,(H,22,23)/t16-/m1/s1. The summed E-state index contributed by atoms with van der Waals surface area (Å²) < 4.78 is 0. The molecule has 2 heterocycles. The summed E-state index contributed by atoms with van der Waals surface area (Å²) in [6, 6.07) is 13.4. The maximum absolute atomic E-state index is 12.6. The molecular weight excluding hydrogens is 363 g/mol. The van der Waals surface area contributed by atoms with E-state index in [-0.39, 0.29) is 22.1 Å². The van der Waals surface area contributed by atoms with E-state index in [4.69, 9.17) is 23.2 Å². The zero-order valence-electron chi connectivity index (χ0n) is 12.8. The Morgan fingerprint density at radius 3 is 2.58 bits per heavy atom. The number of rotatable bonds is 4. The van der Waals surface area contributed by atoms with Crippen LogP contribution in [0.25, 0.3) is 0 Å². The van der Waals surface area contributed by atoms with Gasteiger partial charge in [0.25, 0.3) is 5.91 Å². The van der Waals surface area contributed by atoms with Crippen molar-refractivity contribution < 1.29 is 4.79 Å². The van der Waals surface area contributed by atoms with Gasteiger partial charge in [-0.25, -0.2) is 4.98 Å². The first kappa shape index (κ1) is 17.0. The molecule has 24 heavy (non-hydrogen) atoms. The maximum atomic E-state index is 12.6. The third-order valence-electron chi connectivity index (χ3n) is 3.57. The maximum Gasteiger partial charge on any atom is 0.253 e. The molecule has 122 valence electrons. The monoisotopic (exact) mass is 376 g/mol. The van der Waals surface area contributed by atoms with E-state index in [2.05, 4.69) is 10.3 Å². The van der Waals surface area contributed by atoms with Crippen molar-refractivity contribution in [2.45, 2.75) is 13.0 Å². The minimum Gasteiger partial charge on any atom is -0.340 e. The number of benzene rings is 1. The number of halogens is 2. The first-order valence-electron chi connectivity index (χ1n) is 7.26. The van der Waals surface area contributed by atoms with Crippen molar-refractivity contribution in [3.8, 4) is 0 Å². The van der Waals surface area contributed by atoms with Gasteiger partial charge in [0.2, 0.25) is 0 Å². The molecule has 0 unspecified atom stereocenters. The molecule has 0 bridgehead atoms. The largest absolute Gasteiger partial charge is 0.340 e. The lowest BCUT2D eigenvalue weighted by molar-refractivity contribution is 0.0943. The third kappa shape index (κ3) is 3.78. The molecule has 0 aliphatic heterocycles. The van der Waals surface area contributed by atoms with Crippen LogP contribution in [0.4, 0.5) is 0 Å². The van der Waals surface area contributed by atoms with Gasteiger partial charge in [-0.15, -0.1) is 11.3 Å². The lowest BCUT2D eigenvalue weighted by Crippen LogP contribution is -2.29. The molecule has 0 radical (unpaired) electrons. The zero-order chi connectivity index (χ0) is 17.1. The van der Waals surface area contributed by atoms with E-state index >= 15 is 0 Å². The average molecular weight is 377 g/mol. The van der Waals surface area contributed by atoms with Crippen molar-refractivity contribution >= 4 is 40.4 Å². The highest BCUT2D eigenvalue weighted by molar-refractivity contribution is 7.10. The Bertz CT molecular complexity index is 848. The summed E-state index contributed by atoms with van der Waals surface area (Å²) in [6.45, 7) is 2.03. The molecule has 1 atom stereocenters. The Morgan fingerprint density at radius 1 is 1.21 bits per heavy atom. The molecule has 0 saturated carbocycles. The van der Waals surface area contributed by atoms with Gasteiger partial charge in [0.05, 0.1) is 16.6 Å². The fraction of sp³-hybridized carbons (Fsp3) is 0.111. The van der Waals surface area contributed by atoms with Gasteiger partial charge < -0.3 is 5.32 Å². The Morgan fingerprint density at radius 2 is 1.96 bits per heavy atom. The normalized spacial score (nSPS) is 12.0. The van der Waals surface area contributed by atoms with Crippen molar-refractivity contribution in [2.24, 2.45) is 0 Å². The minimum absolute atomic E-state index is 0.182. The molecule has 1 amide bonds. The summed E-state index contributed by atoms with van der Waals surface area (Å²) >= 11 is 13.4. The van der Waals surface area contributed by atoms with E-state index in [1.54, 1.807) is 11.3 Å². The smallest absolute Gasteiger partial charge is 0.253 e. The van der Waals surface area contributed by atoms with E-state index in [1.165, 1.54) is 17.8 Å². The Balaban J connectivity index is 1.90. The number of carbonyl (C=O) groups excluding carboxylic acids is 1. The molecule has 1 N–H and O–H groups in total. The van der Waals surface area contributed by atoms with Crippen molar-refractivity contribution in [3.05, 3.63) is 85.8 Å². The van der Waals surface area contributed by atoms with Crippen molar-refractivity contribution in [2.75, 3.05) is 0 Å². The predicted molar refractivity (Wildman–Crippen MR) is 99.1 cm³/mol.